The number of carbonyl (C=O) groups excluding carboxylic acids is 3. The molecular formula is C72H138O6. The second-order valence-corrected chi connectivity index (χ2v) is 24.5. The fraction of sp³-hybridized carbons (Fsp3) is 0.931. The highest BCUT2D eigenvalue weighted by molar-refractivity contribution is 5.71. The molecule has 0 fully saturated rings. The number of hydrogen-bond donors (Lipinski definition) is 0. The Morgan fingerprint density at radius 2 is 0.423 bits per heavy atom. The SMILES string of the molecule is CCCCCCCCCC/C=C\CCCCCCCCCCCCCC(=O)OC(COC(=O)CCCCCCCCCCCCC)COC(=O)CCCCCCCCCCCCCCCCCCCCCCCCCCCC. The van der Waals surface area contributed by atoms with E-state index in [1.165, 1.54) is 315 Å². The molecule has 6 nitrogen and oxygen atoms in total. The van der Waals surface area contributed by atoms with E-state index in [2.05, 4.69) is 32.9 Å². The highest BCUT2D eigenvalue weighted by Gasteiger charge is 2.19. The summed E-state index contributed by atoms with van der Waals surface area (Å²) < 4.78 is 17.0. The Labute approximate surface area is 488 Å². The number of rotatable bonds is 67. The molecule has 6 heteroatoms. The number of esters is 3. The van der Waals surface area contributed by atoms with Gasteiger partial charge in [-0.15, -0.1) is 0 Å². The van der Waals surface area contributed by atoms with Crippen LogP contribution in [0.25, 0.3) is 0 Å². The third kappa shape index (κ3) is 65.0. The minimum Gasteiger partial charge on any atom is -0.462 e. The standard InChI is InChI=1S/C72H138O6/c1-4-7-10-13-16-19-22-24-26-28-30-32-34-35-36-38-39-41-43-45-47-50-53-56-59-62-65-71(74)77-68-69(67-76-70(73)64-61-58-55-52-49-21-18-15-12-9-6-3)78-72(75)66-63-60-57-54-51-48-46-44-42-40-37-33-31-29-27-25-23-20-17-14-11-8-5-2/h29,31,69H,4-28,30,32-68H2,1-3H3/b31-29-. The molecule has 0 aromatic carbocycles. The van der Waals surface area contributed by atoms with E-state index in [9.17, 15) is 14.4 Å². The van der Waals surface area contributed by atoms with Crippen LogP contribution in [0.5, 0.6) is 0 Å². The number of allylic oxidation sites excluding steroid dienone is 2. The lowest BCUT2D eigenvalue weighted by atomic mass is 10.0. The minimum absolute atomic E-state index is 0.0633. The molecule has 0 aliphatic heterocycles. The third-order valence-corrected chi connectivity index (χ3v) is 16.5. The van der Waals surface area contributed by atoms with Crippen LogP contribution in [-0.2, 0) is 28.6 Å². The van der Waals surface area contributed by atoms with Crippen LogP contribution in [0, 0.1) is 0 Å². The molecule has 0 amide bonds. The largest absolute Gasteiger partial charge is 0.462 e. The fourth-order valence-corrected chi connectivity index (χ4v) is 11.2. The van der Waals surface area contributed by atoms with Gasteiger partial charge in [-0.25, -0.2) is 0 Å². The maximum atomic E-state index is 12.9. The van der Waals surface area contributed by atoms with E-state index in [1.54, 1.807) is 0 Å². The summed E-state index contributed by atoms with van der Waals surface area (Å²) in [6.07, 6.45) is 81.1. The molecule has 0 saturated heterocycles. The molecule has 0 aliphatic rings. The molecule has 0 N–H and O–H groups in total. The molecule has 462 valence electrons. The summed E-state index contributed by atoms with van der Waals surface area (Å²) in [5, 5.41) is 0. The van der Waals surface area contributed by atoms with Crippen LogP contribution < -0.4 is 0 Å². The fourth-order valence-electron chi connectivity index (χ4n) is 11.2. The zero-order valence-corrected chi connectivity index (χ0v) is 53.2. The van der Waals surface area contributed by atoms with E-state index in [1.807, 2.05) is 0 Å². The zero-order valence-electron chi connectivity index (χ0n) is 53.2. The number of ether oxygens (including phenoxy) is 3. The van der Waals surface area contributed by atoms with Crippen molar-refractivity contribution in [1.82, 2.24) is 0 Å². The Morgan fingerprint density at radius 1 is 0.244 bits per heavy atom. The van der Waals surface area contributed by atoms with Crippen LogP contribution >= 0.6 is 0 Å². The Hall–Kier alpha value is -1.85. The lowest BCUT2D eigenvalue weighted by Gasteiger charge is -2.18. The molecule has 0 heterocycles. The van der Waals surface area contributed by atoms with Crippen molar-refractivity contribution in [1.29, 1.82) is 0 Å². The third-order valence-electron chi connectivity index (χ3n) is 16.5. The Kier molecular flexibility index (Phi) is 66.0. The van der Waals surface area contributed by atoms with Gasteiger partial charge in [0, 0.05) is 19.3 Å². The van der Waals surface area contributed by atoms with Crippen molar-refractivity contribution in [3.63, 3.8) is 0 Å². The topological polar surface area (TPSA) is 78.9 Å². The van der Waals surface area contributed by atoms with Crippen LogP contribution in [-0.4, -0.2) is 37.2 Å². The average molecular weight is 1100 g/mol. The molecule has 1 unspecified atom stereocenters. The van der Waals surface area contributed by atoms with E-state index < -0.39 is 6.10 Å². The predicted molar refractivity (Wildman–Crippen MR) is 340 cm³/mol. The van der Waals surface area contributed by atoms with E-state index in [0.29, 0.717) is 19.3 Å². The molecule has 0 saturated carbocycles. The van der Waals surface area contributed by atoms with Gasteiger partial charge in [-0.1, -0.05) is 360 Å². The van der Waals surface area contributed by atoms with Gasteiger partial charge in [-0.3, -0.25) is 14.4 Å². The first-order valence-electron chi connectivity index (χ1n) is 35.7. The van der Waals surface area contributed by atoms with Crippen LogP contribution in [0.4, 0.5) is 0 Å². The van der Waals surface area contributed by atoms with Gasteiger partial charge < -0.3 is 14.2 Å². The van der Waals surface area contributed by atoms with Gasteiger partial charge >= 0.3 is 17.9 Å². The van der Waals surface area contributed by atoms with Crippen molar-refractivity contribution in [2.45, 2.75) is 419 Å². The molecule has 0 bridgehead atoms. The summed E-state index contributed by atoms with van der Waals surface area (Å²) in [6.45, 7) is 6.72. The number of unbranched alkanes of at least 4 members (excludes halogenated alkanes) is 54. The zero-order chi connectivity index (χ0) is 56.4. The molecule has 78 heavy (non-hydrogen) atoms. The van der Waals surface area contributed by atoms with Crippen molar-refractivity contribution in [3.05, 3.63) is 12.2 Å². The van der Waals surface area contributed by atoms with Gasteiger partial charge in [0.15, 0.2) is 6.10 Å². The van der Waals surface area contributed by atoms with Crippen molar-refractivity contribution in [3.8, 4) is 0 Å². The average Bonchev–Trinajstić information content (AvgIpc) is 3.44. The van der Waals surface area contributed by atoms with Crippen LogP contribution in [0.3, 0.4) is 0 Å². The van der Waals surface area contributed by atoms with Crippen molar-refractivity contribution >= 4 is 17.9 Å². The summed E-state index contributed by atoms with van der Waals surface area (Å²) in [7, 11) is 0. The van der Waals surface area contributed by atoms with Crippen molar-refractivity contribution < 1.29 is 28.6 Å². The maximum Gasteiger partial charge on any atom is 0.306 e. The summed E-state index contributed by atoms with van der Waals surface area (Å²) >= 11 is 0. The Bertz CT molecular complexity index is 1210. The summed E-state index contributed by atoms with van der Waals surface area (Å²) in [6, 6.07) is 0. The lowest BCUT2D eigenvalue weighted by molar-refractivity contribution is -0.167. The minimum atomic E-state index is -0.766. The van der Waals surface area contributed by atoms with Crippen molar-refractivity contribution in [2.75, 3.05) is 13.2 Å². The van der Waals surface area contributed by atoms with E-state index in [-0.39, 0.29) is 31.1 Å². The Balaban J connectivity index is 4.15. The summed E-state index contributed by atoms with van der Waals surface area (Å²) in [5.74, 6) is -0.831. The van der Waals surface area contributed by atoms with Gasteiger partial charge in [0.05, 0.1) is 0 Å². The maximum absolute atomic E-state index is 12.9. The lowest BCUT2D eigenvalue weighted by Crippen LogP contribution is -2.30. The molecule has 0 rings (SSSR count). The normalized spacial score (nSPS) is 12.0. The summed E-state index contributed by atoms with van der Waals surface area (Å²) in [5.41, 5.74) is 0. The van der Waals surface area contributed by atoms with Gasteiger partial charge in [0.1, 0.15) is 13.2 Å². The smallest absolute Gasteiger partial charge is 0.306 e. The number of hydrogen-bond acceptors (Lipinski definition) is 6. The first-order valence-corrected chi connectivity index (χ1v) is 35.7. The van der Waals surface area contributed by atoms with Gasteiger partial charge in [0.25, 0.3) is 0 Å². The highest BCUT2D eigenvalue weighted by Crippen LogP contribution is 2.19. The van der Waals surface area contributed by atoms with Crippen LogP contribution in [0.1, 0.15) is 412 Å². The van der Waals surface area contributed by atoms with Crippen molar-refractivity contribution in [2.24, 2.45) is 0 Å². The van der Waals surface area contributed by atoms with E-state index in [0.717, 1.165) is 57.8 Å². The van der Waals surface area contributed by atoms with E-state index in [4.69, 9.17) is 14.2 Å². The molecule has 0 aromatic rings. The molecule has 1 atom stereocenters. The first kappa shape index (κ1) is 76.1. The molecular weight excluding hydrogens is 961 g/mol. The monoisotopic (exact) mass is 1100 g/mol. The second-order valence-electron chi connectivity index (χ2n) is 24.5. The number of carbonyl (C=O) groups is 3. The van der Waals surface area contributed by atoms with Gasteiger partial charge in [-0.05, 0) is 44.9 Å². The molecule has 0 aromatic heterocycles. The van der Waals surface area contributed by atoms with Crippen LogP contribution in [0.15, 0.2) is 12.2 Å². The Morgan fingerprint density at radius 3 is 0.641 bits per heavy atom. The van der Waals surface area contributed by atoms with Gasteiger partial charge in [-0.2, -0.15) is 0 Å². The van der Waals surface area contributed by atoms with Gasteiger partial charge in [0.2, 0.25) is 0 Å². The highest BCUT2D eigenvalue weighted by atomic mass is 16.6. The second kappa shape index (κ2) is 67.7. The van der Waals surface area contributed by atoms with Crippen LogP contribution in [0.2, 0.25) is 0 Å². The molecule has 0 spiro atoms. The first-order chi connectivity index (χ1) is 38.5. The quantitative estimate of drug-likeness (QED) is 0.0261. The molecule has 0 radical (unpaired) electrons. The molecule has 0 aliphatic carbocycles. The predicted octanol–water partition coefficient (Wildman–Crippen LogP) is 24.4. The summed E-state index contributed by atoms with van der Waals surface area (Å²) in [4.78, 5) is 38.4. The van der Waals surface area contributed by atoms with E-state index >= 15 is 0 Å².